The highest BCUT2D eigenvalue weighted by Crippen LogP contribution is 2.16. The number of carbonyl (C=O) groups excluding carboxylic acids is 2. The Morgan fingerprint density at radius 3 is 2.47 bits per heavy atom. The van der Waals surface area contributed by atoms with Crippen LogP contribution >= 0.6 is 0 Å². The van der Waals surface area contributed by atoms with E-state index in [-0.39, 0.29) is 24.5 Å². The minimum atomic E-state index is -0.227. The number of hydrogen-bond acceptors (Lipinski definition) is 2. The summed E-state index contributed by atoms with van der Waals surface area (Å²) in [5.41, 5.74) is 0. The van der Waals surface area contributed by atoms with E-state index in [4.69, 9.17) is 0 Å². The van der Waals surface area contributed by atoms with Crippen LogP contribution in [0.3, 0.4) is 0 Å². The maximum Gasteiger partial charge on any atom is 0.315 e. The second-order valence-corrected chi connectivity index (χ2v) is 4.57. The smallest absolute Gasteiger partial charge is 0.315 e. The van der Waals surface area contributed by atoms with Crippen LogP contribution in [0.1, 0.15) is 39.0 Å². The molecule has 0 saturated heterocycles. The molecule has 0 bridgehead atoms. The molecule has 0 radical (unpaired) electrons. The van der Waals surface area contributed by atoms with E-state index in [9.17, 15) is 9.59 Å². The Morgan fingerprint density at radius 2 is 1.88 bits per heavy atom. The van der Waals surface area contributed by atoms with Crippen molar-refractivity contribution in [2.45, 2.75) is 45.1 Å². The number of nitrogens with one attached hydrogen (secondary N) is 2. The summed E-state index contributed by atoms with van der Waals surface area (Å²) in [7, 11) is 1.73. The summed E-state index contributed by atoms with van der Waals surface area (Å²) in [6.07, 6.45) is 5.73. The molecule has 1 fully saturated rings. The van der Waals surface area contributed by atoms with Crippen molar-refractivity contribution in [1.82, 2.24) is 15.5 Å². The molecule has 1 aliphatic carbocycles. The fourth-order valence-electron chi connectivity index (χ4n) is 1.95. The highest BCUT2D eigenvalue weighted by molar-refractivity contribution is 5.83. The van der Waals surface area contributed by atoms with Crippen molar-refractivity contribution >= 4 is 11.9 Å². The molecule has 0 aliphatic heterocycles. The first kappa shape index (κ1) is 13.8. The lowest BCUT2D eigenvalue weighted by atomic mass is 9.96. The van der Waals surface area contributed by atoms with Crippen LogP contribution in [0.4, 0.5) is 4.79 Å². The van der Waals surface area contributed by atoms with Crippen LogP contribution in [-0.4, -0.2) is 43.0 Å². The van der Waals surface area contributed by atoms with Crippen molar-refractivity contribution in [2.75, 3.05) is 20.1 Å². The molecule has 0 spiro atoms. The van der Waals surface area contributed by atoms with Gasteiger partial charge in [-0.25, -0.2) is 4.79 Å². The fourth-order valence-corrected chi connectivity index (χ4v) is 1.95. The van der Waals surface area contributed by atoms with Gasteiger partial charge in [0.2, 0.25) is 5.91 Å². The fraction of sp³-hybridized carbons (Fsp3) is 0.833. The van der Waals surface area contributed by atoms with Gasteiger partial charge in [0, 0.05) is 19.6 Å². The Labute approximate surface area is 103 Å². The molecule has 0 atom stereocenters. The molecule has 1 aliphatic rings. The molecule has 5 nitrogen and oxygen atoms in total. The molecular formula is C12H23N3O2. The zero-order valence-electron chi connectivity index (χ0n) is 10.8. The summed E-state index contributed by atoms with van der Waals surface area (Å²) in [6.45, 7) is 2.63. The Morgan fingerprint density at radius 1 is 1.24 bits per heavy atom. The van der Waals surface area contributed by atoms with E-state index in [0.29, 0.717) is 6.54 Å². The summed E-state index contributed by atoms with van der Waals surface area (Å²) in [5.74, 6) is -0.0636. The number of rotatable bonds is 4. The second kappa shape index (κ2) is 7.14. The molecular weight excluding hydrogens is 218 g/mol. The van der Waals surface area contributed by atoms with Gasteiger partial charge in [-0.2, -0.15) is 0 Å². The maximum absolute atomic E-state index is 11.5. The van der Waals surface area contributed by atoms with Gasteiger partial charge in [0.1, 0.15) is 0 Å². The number of carbonyl (C=O) groups is 2. The number of amides is 3. The molecule has 0 aromatic carbocycles. The van der Waals surface area contributed by atoms with Crippen LogP contribution < -0.4 is 10.6 Å². The van der Waals surface area contributed by atoms with Crippen molar-refractivity contribution in [3.8, 4) is 0 Å². The van der Waals surface area contributed by atoms with Gasteiger partial charge >= 0.3 is 6.03 Å². The summed E-state index contributed by atoms with van der Waals surface area (Å²) in [5, 5.41) is 5.51. The largest absolute Gasteiger partial charge is 0.345 e. The number of likely N-dealkylation sites (N-methyl/N-ethyl adjacent to an activating group) is 1. The lowest BCUT2D eigenvalue weighted by molar-refractivity contribution is -0.128. The SMILES string of the molecule is CCN(C)C(=O)CNC(=O)NC1CCCCC1. The van der Waals surface area contributed by atoms with Gasteiger partial charge in [0.25, 0.3) is 0 Å². The van der Waals surface area contributed by atoms with E-state index in [2.05, 4.69) is 10.6 Å². The Bertz CT molecular complexity index is 262. The molecule has 3 amide bonds. The highest BCUT2D eigenvalue weighted by Gasteiger charge is 2.16. The van der Waals surface area contributed by atoms with Crippen molar-refractivity contribution in [3.05, 3.63) is 0 Å². The van der Waals surface area contributed by atoms with Crippen molar-refractivity contribution in [3.63, 3.8) is 0 Å². The molecule has 1 rings (SSSR count). The molecule has 5 heteroatoms. The third-order valence-corrected chi connectivity index (χ3v) is 3.24. The normalized spacial score (nSPS) is 16.4. The maximum atomic E-state index is 11.5. The van der Waals surface area contributed by atoms with Gasteiger partial charge in [-0.3, -0.25) is 4.79 Å². The number of nitrogens with zero attached hydrogens (tertiary/aromatic N) is 1. The average Bonchev–Trinajstić information content (AvgIpc) is 2.36. The first-order valence-corrected chi connectivity index (χ1v) is 6.41. The molecule has 0 aromatic rings. The van der Waals surface area contributed by atoms with Crippen LogP contribution in [0.15, 0.2) is 0 Å². The van der Waals surface area contributed by atoms with Crippen molar-refractivity contribution in [1.29, 1.82) is 0 Å². The Balaban J connectivity index is 2.18. The molecule has 98 valence electrons. The standard InChI is InChI=1S/C12H23N3O2/c1-3-15(2)11(16)9-13-12(17)14-10-7-5-4-6-8-10/h10H,3-9H2,1-2H3,(H2,13,14,17). The van der Waals surface area contributed by atoms with Gasteiger partial charge in [-0.05, 0) is 19.8 Å². The minimum Gasteiger partial charge on any atom is -0.345 e. The molecule has 0 aromatic heterocycles. The number of urea groups is 1. The van der Waals surface area contributed by atoms with Gasteiger partial charge in [-0.15, -0.1) is 0 Å². The van der Waals surface area contributed by atoms with Gasteiger partial charge in [0.15, 0.2) is 0 Å². The number of hydrogen-bond donors (Lipinski definition) is 2. The summed E-state index contributed by atoms with van der Waals surface area (Å²) >= 11 is 0. The summed E-state index contributed by atoms with van der Waals surface area (Å²) < 4.78 is 0. The minimum absolute atomic E-state index is 0.0636. The average molecular weight is 241 g/mol. The van der Waals surface area contributed by atoms with Crippen molar-refractivity contribution in [2.24, 2.45) is 0 Å². The van der Waals surface area contributed by atoms with Crippen LogP contribution in [0.2, 0.25) is 0 Å². The van der Waals surface area contributed by atoms with Crippen LogP contribution in [-0.2, 0) is 4.79 Å². The van der Waals surface area contributed by atoms with E-state index in [1.807, 2.05) is 6.92 Å². The zero-order valence-corrected chi connectivity index (χ0v) is 10.8. The summed E-state index contributed by atoms with van der Waals surface area (Å²) in [6, 6.07) is 0.0532. The van der Waals surface area contributed by atoms with Crippen LogP contribution in [0.5, 0.6) is 0 Å². The lowest BCUT2D eigenvalue weighted by Crippen LogP contribution is -2.46. The molecule has 17 heavy (non-hydrogen) atoms. The third-order valence-electron chi connectivity index (χ3n) is 3.24. The molecule has 0 heterocycles. The van der Waals surface area contributed by atoms with Gasteiger partial charge in [0.05, 0.1) is 6.54 Å². The quantitative estimate of drug-likeness (QED) is 0.774. The zero-order chi connectivity index (χ0) is 12.7. The third kappa shape index (κ3) is 5.06. The first-order chi connectivity index (χ1) is 8.13. The van der Waals surface area contributed by atoms with E-state index < -0.39 is 0 Å². The Hall–Kier alpha value is -1.26. The summed E-state index contributed by atoms with van der Waals surface area (Å²) in [4.78, 5) is 24.6. The monoisotopic (exact) mass is 241 g/mol. The molecule has 0 unspecified atom stereocenters. The molecule has 1 saturated carbocycles. The lowest BCUT2D eigenvalue weighted by Gasteiger charge is -2.23. The Kier molecular flexibility index (Phi) is 5.80. The van der Waals surface area contributed by atoms with Gasteiger partial charge < -0.3 is 15.5 Å². The topological polar surface area (TPSA) is 61.4 Å². The predicted molar refractivity (Wildman–Crippen MR) is 66.7 cm³/mol. The van der Waals surface area contributed by atoms with Crippen LogP contribution in [0.25, 0.3) is 0 Å². The van der Waals surface area contributed by atoms with Gasteiger partial charge in [-0.1, -0.05) is 19.3 Å². The van der Waals surface area contributed by atoms with E-state index in [1.165, 1.54) is 19.3 Å². The van der Waals surface area contributed by atoms with Crippen molar-refractivity contribution < 1.29 is 9.59 Å². The van der Waals surface area contributed by atoms with Crippen LogP contribution in [0, 0.1) is 0 Å². The molecule has 2 N–H and O–H groups in total. The first-order valence-electron chi connectivity index (χ1n) is 6.41. The van der Waals surface area contributed by atoms with E-state index >= 15 is 0 Å². The second-order valence-electron chi connectivity index (χ2n) is 4.57. The predicted octanol–water partition coefficient (Wildman–Crippen LogP) is 1.10. The van der Waals surface area contributed by atoms with E-state index in [0.717, 1.165) is 12.8 Å². The highest BCUT2D eigenvalue weighted by atomic mass is 16.2. The van der Waals surface area contributed by atoms with E-state index in [1.54, 1.807) is 11.9 Å².